The maximum Gasteiger partial charge on any atom is 0.527 e. The lowest BCUT2D eigenvalue weighted by Gasteiger charge is -2.26. The molecule has 1 aliphatic heterocycles. The van der Waals surface area contributed by atoms with Crippen LogP contribution in [-0.2, 0) is 28.7 Å². The molecule has 0 amide bonds. The molecule has 0 bridgehead atoms. The van der Waals surface area contributed by atoms with Gasteiger partial charge in [0, 0.05) is 13.2 Å². The molecule has 1 unspecified atom stereocenters. The third-order valence-corrected chi connectivity index (χ3v) is 9.64. The van der Waals surface area contributed by atoms with Crippen LogP contribution in [0, 0.1) is 0 Å². The van der Waals surface area contributed by atoms with Gasteiger partial charge >= 0.3 is 7.82 Å². The molecule has 0 aromatic carbocycles. The first kappa shape index (κ1) is 38.2. The van der Waals surface area contributed by atoms with Crippen LogP contribution in [0.1, 0.15) is 129 Å². The van der Waals surface area contributed by atoms with Gasteiger partial charge in [0.05, 0.1) is 12.3 Å². The lowest BCUT2D eigenvalue weighted by Crippen LogP contribution is -2.39. The Morgan fingerprint density at radius 3 is 2.09 bits per heavy atom. The number of aliphatic hydroxyl groups is 2. The van der Waals surface area contributed by atoms with E-state index in [0.29, 0.717) is 30.7 Å². The molecule has 2 aromatic rings. The molecule has 5 N–H and O–H groups in total. The number of nitrogens with zero attached hydrogens (tertiary/aromatic N) is 3. The Balaban J connectivity index is 1.25. The van der Waals surface area contributed by atoms with Crippen molar-refractivity contribution in [2.24, 2.45) is 0 Å². The van der Waals surface area contributed by atoms with Crippen molar-refractivity contribution in [2.75, 3.05) is 25.6 Å². The summed E-state index contributed by atoms with van der Waals surface area (Å²) in [6.07, 6.45) is 18.0. The Labute approximate surface area is 274 Å². The summed E-state index contributed by atoms with van der Waals surface area (Å²) in [6, 6.07) is 3.32. The fourth-order valence-electron chi connectivity index (χ4n) is 5.84. The van der Waals surface area contributed by atoms with Crippen LogP contribution in [0.15, 0.2) is 30.0 Å². The highest BCUT2D eigenvalue weighted by Gasteiger charge is 2.53. The number of allylic oxidation sites excluding steroid dienone is 1. The number of phosphoric ester groups is 1. The average Bonchev–Trinajstić information content (AvgIpc) is 3.57. The van der Waals surface area contributed by atoms with Crippen molar-refractivity contribution in [1.29, 1.82) is 0 Å². The number of unbranched alkanes of at least 4 members (excludes halogenated alkanes) is 14. The van der Waals surface area contributed by atoms with Gasteiger partial charge in [-0.3, -0.25) is 9.42 Å². The van der Waals surface area contributed by atoms with Crippen LogP contribution in [0.2, 0.25) is 0 Å². The number of rotatable bonds is 24. The number of hydrogen-bond acceptors (Lipinski definition) is 10. The minimum absolute atomic E-state index is 0.000366. The summed E-state index contributed by atoms with van der Waals surface area (Å²) in [5.74, 6) is -0.113. The van der Waals surface area contributed by atoms with Gasteiger partial charge in [-0.25, -0.2) is 14.1 Å². The number of aromatic nitrogens is 3. The second-order valence-corrected chi connectivity index (χ2v) is 13.9. The topological polar surface area (TPSA) is 171 Å². The van der Waals surface area contributed by atoms with E-state index in [9.17, 15) is 19.7 Å². The minimum atomic E-state index is -4.50. The van der Waals surface area contributed by atoms with Crippen LogP contribution in [0.25, 0.3) is 5.52 Å². The molecule has 46 heavy (non-hydrogen) atoms. The summed E-state index contributed by atoms with van der Waals surface area (Å²) < 4.78 is 36.0. The molecule has 0 saturated carbocycles. The van der Waals surface area contributed by atoms with Gasteiger partial charge in [-0.2, -0.15) is 5.10 Å². The molecule has 0 aliphatic carbocycles. The lowest BCUT2D eigenvalue weighted by atomic mass is 9.94. The van der Waals surface area contributed by atoms with Gasteiger partial charge < -0.3 is 29.9 Å². The van der Waals surface area contributed by atoms with Crippen molar-refractivity contribution in [3.63, 3.8) is 0 Å². The number of ether oxygens (including phenoxy) is 2. The Morgan fingerprint density at radius 2 is 1.48 bits per heavy atom. The Morgan fingerprint density at radius 1 is 0.935 bits per heavy atom. The SMILES string of the molecule is CCCCCCCCCCCCCCCCOCCCCOP(=O)(O)O/C(C)=C1/O[C@@](C)(c2ccc3c(N)ncnn23)[C@H](O)[C@@H]1O. The fraction of sp³-hybridized carbons (Fsp3) is 0.758. The first-order valence-corrected chi connectivity index (χ1v) is 18.7. The molecule has 13 heteroatoms. The van der Waals surface area contributed by atoms with Crippen LogP contribution < -0.4 is 5.73 Å². The molecule has 1 fully saturated rings. The predicted octanol–water partition coefficient (Wildman–Crippen LogP) is 6.92. The number of anilines is 1. The van der Waals surface area contributed by atoms with E-state index in [0.717, 1.165) is 13.0 Å². The molecule has 0 spiro atoms. The molecule has 1 saturated heterocycles. The molecule has 4 atom stereocenters. The van der Waals surface area contributed by atoms with Gasteiger partial charge in [-0.1, -0.05) is 90.4 Å². The fourth-order valence-corrected chi connectivity index (χ4v) is 6.69. The highest BCUT2D eigenvalue weighted by Crippen LogP contribution is 2.49. The number of hydrogen-bond donors (Lipinski definition) is 4. The van der Waals surface area contributed by atoms with Gasteiger partial charge in [0.1, 0.15) is 29.8 Å². The van der Waals surface area contributed by atoms with E-state index in [1.165, 1.54) is 101 Å². The summed E-state index contributed by atoms with van der Waals surface area (Å²) in [4.78, 5) is 14.2. The van der Waals surface area contributed by atoms with E-state index in [4.69, 9.17) is 24.3 Å². The first-order valence-electron chi connectivity index (χ1n) is 17.2. The van der Waals surface area contributed by atoms with Crippen molar-refractivity contribution >= 4 is 19.2 Å². The second-order valence-electron chi connectivity index (χ2n) is 12.5. The van der Waals surface area contributed by atoms with Crippen LogP contribution >= 0.6 is 7.82 Å². The normalized spacial score (nSPS) is 22.2. The van der Waals surface area contributed by atoms with Crippen molar-refractivity contribution in [1.82, 2.24) is 14.6 Å². The second kappa shape index (κ2) is 19.6. The van der Waals surface area contributed by atoms with Crippen molar-refractivity contribution < 1.29 is 38.2 Å². The van der Waals surface area contributed by atoms with E-state index in [-0.39, 0.29) is 23.9 Å². The predicted molar refractivity (Wildman–Crippen MR) is 178 cm³/mol. The number of fused-ring (bicyclic) bond motifs is 1. The monoisotopic (exact) mass is 668 g/mol. The molecule has 3 heterocycles. The first-order chi connectivity index (χ1) is 22.1. The zero-order valence-electron chi connectivity index (χ0n) is 28.1. The number of nitrogens with two attached hydrogens (primary N) is 1. The standard InChI is InChI=1S/C33H57N4O8P/c1-4-5-6-7-8-9-10-11-12-13-14-15-16-17-22-42-23-18-19-24-43-46(40,41)45-26(2)30-29(38)31(39)33(3,44-30)28-21-20-27-32(34)35-25-36-37(27)28/h20-21,25,29,31,38-39H,4-19,22-24H2,1-3H3,(H,40,41)(H2,34,35,36)/b30-26+/t29-,31-,33+/m1/s1. The van der Waals surface area contributed by atoms with Crippen LogP contribution in [0.5, 0.6) is 0 Å². The average molecular weight is 669 g/mol. The molecule has 3 rings (SSSR count). The van der Waals surface area contributed by atoms with E-state index >= 15 is 0 Å². The number of nitrogen functional groups attached to an aromatic ring is 1. The van der Waals surface area contributed by atoms with Crippen LogP contribution in [-0.4, -0.2) is 61.7 Å². The summed E-state index contributed by atoms with van der Waals surface area (Å²) >= 11 is 0. The molecular weight excluding hydrogens is 611 g/mol. The van der Waals surface area contributed by atoms with Gasteiger partial charge in [0.15, 0.2) is 17.2 Å². The zero-order valence-corrected chi connectivity index (χ0v) is 29.0. The molecule has 2 aromatic heterocycles. The number of aliphatic hydroxyl groups excluding tert-OH is 2. The number of phosphoric acid groups is 1. The molecule has 262 valence electrons. The van der Waals surface area contributed by atoms with Crippen molar-refractivity contribution in [2.45, 2.75) is 141 Å². The van der Waals surface area contributed by atoms with Crippen molar-refractivity contribution in [3.8, 4) is 0 Å². The maximum absolute atomic E-state index is 12.6. The largest absolute Gasteiger partial charge is 0.527 e. The Kier molecular flexibility index (Phi) is 16.3. The van der Waals surface area contributed by atoms with E-state index in [1.54, 1.807) is 19.1 Å². The minimum Gasteiger partial charge on any atom is -0.476 e. The summed E-state index contributed by atoms with van der Waals surface area (Å²) in [5, 5.41) is 25.8. The Hall–Kier alpha value is -2.21. The zero-order chi connectivity index (χ0) is 33.4. The summed E-state index contributed by atoms with van der Waals surface area (Å²) in [6.45, 7) is 6.48. The molecular formula is C33H57N4O8P. The van der Waals surface area contributed by atoms with E-state index < -0.39 is 25.6 Å². The quantitative estimate of drug-likeness (QED) is 0.0520. The highest BCUT2D eigenvalue weighted by molar-refractivity contribution is 7.47. The van der Waals surface area contributed by atoms with Crippen molar-refractivity contribution in [3.05, 3.63) is 35.7 Å². The third kappa shape index (κ3) is 11.5. The summed E-state index contributed by atoms with van der Waals surface area (Å²) in [7, 11) is -4.50. The summed E-state index contributed by atoms with van der Waals surface area (Å²) in [5.41, 5.74) is 5.36. The Bertz CT molecular complexity index is 1260. The highest BCUT2D eigenvalue weighted by atomic mass is 31.2. The smallest absolute Gasteiger partial charge is 0.476 e. The molecule has 0 radical (unpaired) electrons. The van der Waals surface area contributed by atoms with Crippen LogP contribution in [0.3, 0.4) is 0 Å². The molecule has 12 nitrogen and oxygen atoms in total. The van der Waals surface area contributed by atoms with Gasteiger partial charge in [0.2, 0.25) is 0 Å². The van der Waals surface area contributed by atoms with E-state index in [1.807, 2.05) is 0 Å². The maximum atomic E-state index is 12.6. The van der Waals surface area contributed by atoms with Gasteiger partial charge in [0.25, 0.3) is 0 Å². The lowest BCUT2D eigenvalue weighted by molar-refractivity contribution is -0.0520. The van der Waals surface area contributed by atoms with Crippen LogP contribution in [0.4, 0.5) is 5.82 Å². The van der Waals surface area contributed by atoms with Gasteiger partial charge in [-0.05, 0) is 45.2 Å². The molecule has 1 aliphatic rings. The van der Waals surface area contributed by atoms with Gasteiger partial charge in [-0.15, -0.1) is 0 Å². The van der Waals surface area contributed by atoms with E-state index in [2.05, 4.69) is 17.0 Å². The third-order valence-electron chi connectivity index (χ3n) is 8.62.